The van der Waals surface area contributed by atoms with Crippen molar-refractivity contribution in [1.82, 2.24) is 14.4 Å². The SMILES string of the molecule is CC(C)C(=O)N1CCN(C(=O)c2cc(Br)cn2C)CC1. The van der Waals surface area contributed by atoms with Crippen molar-refractivity contribution >= 4 is 27.7 Å². The van der Waals surface area contributed by atoms with Gasteiger partial charge < -0.3 is 14.4 Å². The number of nitrogens with zero attached hydrogens (tertiary/aromatic N) is 3. The molecule has 5 nitrogen and oxygen atoms in total. The molecule has 0 aromatic carbocycles. The van der Waals surface area contributed by atoms with Gasteiger partial charge in [0.05, 0.1) is 0 Å². The number of piperazine rings is 1. The first-order valence-corrected chi connectivity index (χ1v) is 7.59. The molecule has 0 saturated carbocycles. The van der Waals surface area contributed by atoms with Gasteiger partial charge in [-0.1, -0.05) is 13.8 Å². The zero-order valence-electron chi connectivity index (χ0n) is 12.1. The Balaban J connectivity index is 1.99. The number of carbonyl (C=O) groups is 2. The van der Waals surface area contributed by atoms with Crippen molar-refractivity contribution in [3.05, 3.63) is 22.4 Å². The van der Waals surface area contributed by atoms with Crippen LogP contribution in [0, 0.1) is 5.92 Å². The first-order valence-electron chi connectivity index (χ1n) is 6.80. The van der Waals surface area contributed by atoms with E-state index < -0.39 is 0 Å². The Labute approximate surface area is 127 Å². The van der Waals surface area contributed by atoms with E-state index in [1.807, 2.05) is 47.5 Å². The third-order valence-corrected chi connectivity index (χ3v) is 4.00. The lowest BCUT2D eigenvalue weighted by molar-refractivity contribution is -0.135. The second-order valence-corrected chi connectivity index (χ2v) is 6.34. The molecule has 0 bridgehead atoms. The molecular formula is C14H20BrN3O2. The summed E-state index contributed by atoms with van der Waals surface area (Å²) in [5.41, 5.74) is 0.667. The van der Waals surface area contributed by atoms with Gasteiger partial charge >= 0.3 is 0 Å². The lowest BCUT2D eigenvalue weighted by Gasteiger charge is -2.35. The van der Waals surface area contributed by atoms with Gasteiger partial charge in [-0.3, -0.25) is 9.59 Å². The normalized spacial score (nSPS) is 15.8. The van der Waals surface area contributed by atoms with E-state index >= 15 is 0 Å². The maximum Gasteiger partial charge on any atom is 0.270 e. The predicted octanol–water partition coefficient (Wildman–Crippen LogP) is 1.73. The number of hydrogen-bond donors (Lipinski definition) is 0. The van der Waals surface area contributed by atoms with Gasteiger partial charge in [-0.15, -0.1) is 0 Å². The monoisotopic (exact) mass is 341 g/mol. The molecule has 2 rings (SSSR count). The van der Waals surface area contributed by atoms with Gasteiger partial charge in [-0.25, -0.2) is 0 Å². The summed E-state index contributed by atoms with van der Waals surface area (Å²) in [6.45, 7) is 6.24. The number of aryl methyl sites for hydroxylation is 1. The quantitative estimate of drug-likeness (QED) is 0.822. The first-order chi connectivity index (χ1) is 9.40. The summed E-state index contributed by atoms with van der Waals surface area (Å²) in [7, 11) is 1.86. The van der Waals surface area contributed by atoms with Crippen LogP contribution in [0.25, 0.3) is 0 Å². The Bertz CT molecular complexity index is 516. The highest BCUT2D eigenvalue weighted by Gasteiger charge is 2.26. The van der Waals surface area contributed by atoms with Gasteiger partial charge in [0.2, 0.25) is 5.91 Å². The Morgan fingerprint density at radius 2 is 1.70 bits per heavy atom. The van der Waals surface area contributed by atoms with Gasteiger partial charge in [0.1, 0.15) is 5.69 Å². The van der Waals surface area contributed by atoms with E-state index in [0.717, 1.165) is 4.47 Å². The van der Waals surface area contributed by atoms with Crippen LogP contribution >= 0.6 is 15.9 Å². The Morgan fingerprint density at radius 3 is 2.15 bits per heavy atom. The second-order valence-electron chi connectivity index (χ2n) is 5.43. The second kappa shape index (κ2) is 5.99. The highest BCUT2D eigenvalue weighted by molar-refractivity contribution is 9.10. The Kier molecular flexibility index (Phi) is 4.52. The molecule has 2 heterocycles. The number of halogens is 1. The minimum Gasteiger partial charge on any atom is -0.345 e. The molecule has 1 aliphatic rings. The summed E-state index contributed by atoms with van der Waals surface area (Å²) in [6.07, 6.45) is 1.87. The summed E-state index contributed by atoms with van der Waals surface area (Å²) < 4.78 is 2.72. The molecule has 0 radical (unpaired) electrons. The topological polar surface area (TPSA) is 45.6 Å². The molecule has 20 heavy (non-hydrogen) atoms. The fourth-order valence-electron chi connectivity index (χ4n) is 2.39. The van der Waals surface area contributed by atoms with Crippen molar-refractivity contribution in [2.24, 2.45) is 13.0 Å². The van der Waals surface area contributed by atoms with E-state index in [-0.39, 0.29) is 17.7 Å². The van der Waals surface area contributed by atoms with Gasteiger partial charge in [-0.05, 0) is 22.0 Å². The van der Waals surface area contributed by atoms with Gasteiger partial charge in [0, 0.05) is 49.8 Å². The van der Waals surface area contributed by atoms with Gasteiger partial charge in [0.15, 0.2) is 0 Å². The fraction of sp³-hybridized carbons (Fsp3) is 0.571. The molecule has 6 heteroatoms. The van der Waals surface area contributed by atoms with Crippen molar-refractivity contribution in [2.75, 3.05) is 26.2 Å². The molecule has 1 aromatic rings. The predicted molar refractivity (Wildman–Crippen MR) is 80.4 cm³/mol. The van der Waals surface area contributed by atoms with Crippen molar-refractivity contribution in [3.8, 4) is 0 Å². The molecule has 1 fully saturated rings. The zero-order chi connectivity index (χ0) is 14.9. The average molecular weight is 342 g/mol. The van der Waals surface area contributed by atoms with Crippen LogP contribution in [0.3, 0.4) is 0 Å². The van der Waals surface area contributed by atoms with E-state index in [0.29, 0.717) is 31.9 Å². The van der Waals surface area contributed by atoms with Crippen LogP contribution in [0.1, 0.15) is 24.3 Å². The van der Waals surface area contributed by atoms with Crippen molar-refractivity contribution in [3.63, 3.8) is 0 Å². The van der Waals surface area contributed by atoms with Crippen molar-refractivity contribution in [1.29, 1.82) is 0 Å². The Hall–Kier alpha value is -1.30. The van der Waals surface area contributed by atoms with E-state index in [1.54, 1.807) is 0 Å². The van der Waals surface area contributed by atoms with Crippen LogP contribution in [0.4, 0.5) is 0 Å². The maximum atomic E-state index is 12.4. The number of aromatic nitrogens is 1. The largest absolute Gasteiger partial charge is 0.345 e. The number of hydrogen-bond acceptors (Lipinski definition) is 2. The lowest BCUT2D eigenvalue weighted by Crippen LogP contribution is -2.51. The molecule has 1 aliphatic heterocycles. The zero-order valence-corrected chi connectivity index (χ0v) is 13.7. The summed E-state index contributed by atoms with van der Waals surface area (Å²) >= 11 is 3.38. The molecule has 1 saturated heterocycles. The minimum atomic E-state index is 0.0149. The molecular weight excluding hydrogens is 322 g/mol. The molecule has 0 spiro atoms. The van der Waals surface area contributed by atoms with Crippen LogP contribution in [0.15, 0.2) is 16.7 Å². The van der Waals surface area contributed by atoms with E-state index in [1.165, 1.54) is 0 Å². The average Bonchev–Trinajstić information content (AvgIpc) is 2.76. The smallest absolute Gasteiger partial charge is 0.270 e. The lowest BCUT2D eigenvalue weighted by atomic mass is 10.1. The van der Waals surface area contributed by atoms with Crippen LogP contribution in [-0.2, 0) is 11.8 Å². The van der Waals surface area contributed by atoms with E-state index in [9.17, 15) is 9.59 Å². The fourth-order valence-corrected chi connectivity index (χ4v) is 2.92. The molecule has 110 valence electrons. The maximum absolute atomic E-state index is 12.4. The van der Waals surface area contributed by atoms with Gasteiger partial charge in [-0.2, -0.15) is 0 Å². The molecule has 0 atom stereocenters. The summed E-state index contributed by atoms with van der Waals surface area (Å²) in [6, 6.07) is 1.83. The van der Waals surface area contributed by atoms with Crippen LogP contribution in [0.5, 0.6) is 0 Å². The third kappa shape index (κ3) is 3.06. The third-order valence-electron chi connectivity index (χ3n) is 3.56. The molecule has 0 unspecified atom stereocenters. The highest BCUT2D eigenvalue weighted by atomic mass is 79.9. The molecule has 2 amide bonds. The van der Waals surface area contributed by atoms with E-state index in [2.05, 4.69) is 15.9 Å². The van der Waals surface area contributed by atoms with Crippen molar-refractivity contribution < 1.29 is 9.59 Å². The number of carbonyl (C=O) groups excluding carboxylic acids is 2. The van der Waals surface area contributed by atoms with Crippen LogP contribution < -0.4 is 0 Å². The van der Waals surface area contributed by atoms with Gasteiger partial charge in [0.25, 0.3) is 5.91 Å². The number of rotatable bonds is 2. The highest BCUT2D eigenvalue weighted by Crippen LogP contribution is 2.16. The minimum absolute atomic E-state index is 0.0149. The molecule has 0 N–H and O–H groups in total. The van der Waals surface area contributed by atoms with Crippen LogP contribution in [-0.4, -0.2) is 52.4 Å². The molecule has 0 aliphatic carbocycles. The standard InChI is InChI=1S/C14H20BrN3O2/c1-10(2)13(19)17-4-6-18(7-5-17)14(20)12-8-11(15)9-16(12)3/h8-10H,4-7H2,1-3H3. The van der Waals surface area contributed by atoms with Crippen LogP contribution in [0.2, 0.25) is 0 Å². The van der Waals surface area contributed by atoms with Crippen molar-refractivity contribution in [2.45, 2.75) is 13.8 Å². The van der Waals surface area contributed by atoms with E-state index in [4.69, 9.17) is 0 Å². The first kappa shape index (κ1) is 15.1. The Morgan fingerprint density at radius 1 is 1.15 bits per heavy atom. The summed E-state index contributed by atoms with van der Waals surface area (Å²) in [5.74, 6) is 0.203. The number of amides is 2. The summed E-state index contributed by atoms with van der Waals surface area (Å²) in [4.78, 5) is 28.0. The molecule has 1 aromatic heterocycles. The summed E-state index contributed by atoms with van der Waals surface area (Å²) in [5, 5.41) is 0.